The zero-order valence-corrected chi connectivity index (χ0v) is 17.6. The van der Waals surface area contributed by atoms with Crippen molar-refractivity contribution in [2.24, 2.45) is 0 Å². The van der Waals surface area contributed by atoms with E-state index >= 15 is 0 Å². The number of nitro groups is 1. The molecule has 0 atom stereocenters. The number of non-ortho nitro benzene ring substituents is 1. The maximum atomic E-state index is 12.9. The quantitative estimate of drug-likeness (QED) is 0.255. The Morgan fingerprint density at radius 3 is 2.59 bits per heavy atom. The molecule has 3 aromatic rings. The standard InChI is InChI=1S/C24H21N2O6/c1-30-21-7-6-19-20(24(21)31-2)15-32-22(23(19)27)13-16-8-10-25(11-9-16)14-17-4-3-5-18(12-17)26(28)29/h3-13H,14-15H2,1-2H3/q+1. The van der Waals surface area contributed by atoms with Gasteiger partial charge in [0.25, 0.3) is 5.69 Å². The van der Waals surface area contributed by atoms with Gasteiger partial charge in [-0.2, -0.15) is 0 Å². The van der Waals surface area contributed by atoms with Crippen LogP contribution in [0.5, 0.6) is 11.5 Å². The number of ether oxygens (including phenoxy) is 3. The summed E-state index contributed by atoms with van der Waals surface area (Å²) in [5.41, 5.74) is 2.87. The second-order valence-corrected chi connectivity index (χ2v) is 7.18. The van der Waals surface area contributed by atoms with Crippen LogP contribution in [0.15, 0.2) is 66.7 Å². The van der Waals surface area contributed by atoms with E-state index in [1.54, 1.807) is 37.5 Å². The predicted octanol–water partition coefficient (Wildman–Crippen LogP) is 3.70. The van der Waals surface area contributed by atoms with Crippen LogP contribution in [0, 0.1) is 10.1 Å². The number of hydrogen-bond acceptors (Lipinski definition) is 6. The fraction of sp³-hybridized carbons (Fsp3) is 0.167. The van der Waals surface area contributed by atoms with Crippen molar-refractivity contribution in [3.8, 4) is 11.5 Å². The van der Waals surface area contributed by atoms with Crippen molar-refractivity contribution in [2.75, 3.05) is 14.2 Å². The maximum Gasteiger partial charge on any atom is 0.269 e. The van der Waals surface area contributed by atoms with Crippen molar-refractivity contribution in [2.45, 2.75) is 13.2 Å². The molecule has 32 heavy (non-hydrogen) atoms. The summed E-state index contributed by atoms with van der Waals surface area (Å²) < 4.78 is 18.3. The van der Waals surface area contributed by atoms with E-state index in [-0.39, 0.29) is 23.8 Å². The fourth-order valence-corrected chi connectivity index (χ4v) is 3.60. The lowest BCUT2D eigenvalue weighted by atomic mass is 9.98. The van der Waals surface area contributed by atoms with Gasteiger partial charge in [-0.3, -0.25) is 14.9 Å². The molecular formula is C24H21N2O6+. The van der Waals surface area contributed by atoms with Crippen LogP contribution >= 0.6 is 0 Å². The number of allylic oxidation sites excluding steroid dienone is 1. The Hall–Kier alpha value is -4.20. The normalized spacial score (nSPS) is 13.9. The minimum absolute atomic E-state index is 0.0620. The first-order valence-corrected chi connectivity index (χ1v) is 9.85. The lowest BCUT2D eigenvalue weighted by molar-refractivity contribution is -0.688. The van der Waals surface area contributed by atoms with Crippen molar-refractivity contribution in [1.82, 2.24) is 0 Å². The average Bonchev–Trinajstić information content (AvgIpc) is 2.81. The van der Waals surface area contributed by atoms with Gasteiger partial charge in [0, 0.05) is 41.0 Å². The summed E-state index contributed by atoms with van der Waals surface area (Å²) in [5, 5.41) is 11.0. The lowest BCUT2D eigenvalue weighted by Gasteiger charge is -2.22. The fourth-order valence-electron chi connectivity index (χ4n) is 3.60. The van der Waals surface area contributed by atoms with Gasteiger partial charge in [-0.15, -0.1) is 0 Å². The zero-order chi connectivity index (χ0) is 22.7. The number of carbonyl (C=O) groups excluding carboxylic acids is 1. The van der Waals surface area contributed by atoms with E-state index < -0.39 is 4.92 Å². The van der Waals surface area contributed by atoms with Gasteiger partial charge < -0.3 is 14.2 Å². The Balaban J connectivity index is 1.53. The Kier molecular flexibility index (Phi) is 5.85. The number of rotatable bonds is 6. The summed E-state index contributed by atoms with van der Waals surface area (Å²) in [6.45, 7) is 0.690. The number of nitrogens with zero attached hydrogens (tertiary/aromatic N) is 2. The third-order valence-corrected chi connectivity index (χ3v) is 5.19. The summed E-state index contributed by atoms with van der Waals surface area (Å²) in [4.78, 5) is 23.5. The number of ketones is 1. The van der Waals surface area contributed by atoms with E-state index in [9.17, 15) is 14.9 Å². The summed E-state index contributed by atoms with van der Waals surface area (Å²) in [6, 6.07) is 13.7. The largest absolute Gasteiger partial charge is 0.493 e. The Labute approximate surface area is 184 Å². The number of carbonyl (C=O) groups is 1. The van der Waals surface area contributed by atoms with Crippen molar-refractivity contribution in [1.29, 1.82) is 0 Å². The first-order valence-electron chi connectivity index (χ1n) is 9.85. The SMILES string of the molecule is COc1ccc2c(c1OC)COC(=Cc1cc[n+](Cc3cccc([N+](=O)[O-])c3)cc1)C2=O. The molecule has 8 heteroatoms. The number of aromatic nitrogens is 1. The zero-order valence-electron chi connectivity index (χ0n) is 17.6. The molecule has 1 aromatic heterocycles. The number of fused-ring (bicyclic) bond motifs is 1. The van der Waals surface area contributed by atoms with Crippen LogP contribution < -0.4 is 14.0 Å². The van der Waals surface area contributed by atoms with E-state index in [4.69, 9.17) is 14.2 Å². The van der Waals surface area contributed by atoms with Gasteiger partial charge in [-0.25, -0.2) is 4.57 Å². The van der Waals surface area contributed by atoms with E-state index in [1.807, 2.05) is 35.2 Å². The van der Waals surface area contributed by atoms with Crippen molar-refractivity contribution < 1.29 is 28.5 Å². The first kappa shape index (κ1) is 21.0. The number of Topliss-reactive ketones (excluding diaryl/α,β-unsaturated/α-hetero) is 1. The number of pyridine rings is 1. The van der Waals surface area contributed by atoms with E-state index in [0.717, 1.165) is 11.1 Å². The van der Waals surface area contributed by atoms with Gasteiger partial charge in [0.15, 0.2) is 36.2 Å². The highest BCUT2D eigenvalue weighted by Crippen LogP contribution is 2.37. The molecule has 0 amide bonds. The number of hydrogen-bond donors (Lipinski definition) is 0. The van der Waals surface area contributed by atoms with Crippen LogP contribution in [-0.4, -0.2) is 24.9 Å². The van der Waals surface area contributed by atoms with Gasteiger partial charge in [-0.05, 0) is 23.8 Å². The highest BCUT2D eigenvalue weighted by molar-refractivity contribution is 6.12. The smallest absolute Gasteiger partial charge is 0.269 e. The highest BCUT2D eigenvalue weighted by Gasteiger charge is 2.28. The second-order valence-electron chi connectivity index (χ2n) is 7.18. The molecule has 1 aliphatic rings. The van der Waals surface area contributed by atoms with Gasteiger partial charge in [0.2, 0.25) is 5.78 Å². The monoisotopic (exact) mass is 433 g/mol. The molecule has 0 radical (unpaired) electrons. The molecule has 0 aliphatic carbocycles. The minimum Gasteiger partial charge on any atom is -0.493 e. The molecule has 162 valence electrons. The summed E-state index contributed by atoms with van der Waals surface area (Å²) >= 11 is 0. The number of methoxy groups -OCH3 is 2. The number of benzene rings is 2. The topological polar surface area (TPSA) is 91.8 Å². The molecule has 0 unspecified atom stereocenters. The molecule has 0 N–H and O–H groups in total. The molecule has 0 bridgehead atoms. The summed E-state index contributed by atoms with van der Waals surface area (Å²) in [6.07, 6.45) is 5.39. The molecule has 2 heterocycles. The van der Waals surface area contributed by atoms with Crippen LogP contribution in [0.1, 0.15) is 27.0 Å². The lowest BCUT2D eigenvalue weighted by Crippen LogP contribution is -2.33. The summed E-state index contributed by atoms with van der Waals surface area (Å²) in [7, 11) is 3.07. The Bertz CT molecular complexity index is 1220. The average molecular weight is 433 g/mol. The third kappa shape index (κ3) is 4.15. The Morgan fingerprint density at radius 2 is 1.91 bits per heavy atom. The summed E-state index contributed by atoms with van der Waals surface area (Å²) in [5.74, 6) is 1.08. The predicted molar refractivity (Wildman–Crippen MR) is 115 cm³/mol. The minimum atomic E-state index is -0.408. The molecule has 8 nitrogen and oxygen atoms in total. The van der Waals surface area contributed by atoms with E-state index in [0.29, 0.717) is 29.2 Å². The highest BCUT2D eigenvalue weighted by atomic mass is 16.6. The second kappa shape index (κ2) is 8.89. The van der Waals surface area contributed by atoms with Crippen molar-refractivity contribution in [3.05, 3.63) is 99.1 Å². The van der Waals surface area contributed by atoms with Gasteiger partial charge >= 0.3 is 0 Å². The van der Waals surface area contributed by atoms with Crippen LogP contribution in [0.3, 0.4) is 0 Å². The van der Waals surface area contributed by atoms with E-state index in [2.05, 4.69) is 0 Å². The molecule has 0 spiro atoms. The van der Waals surface area contributed by atoms with Crippen LogP contribution in [0.2, 0.25) is 0 Å². The molecule has 0 fully saturated rings. The van der Waals surface area contributed by atoms with Crippen LogP contribution in [0.25, 0.3) is 6.08 Å². The molecule has 1 aliphatic heterocycles. The molecule has 4 rings (SSSR count). The molecule has 2 aromatic carbocycles. The van der Waals surface area contributed by atoms with Crippen molar-refractivity contribution >= 4 is 17.5 Å². The molecule has 0 saturated heterocycles. The molecule has 0 saturated carbocycles. The number of nitro benzene ring substituents is 1. The third-order valence-electron chi connectivity index (χ3n) is 5.19. The van der Waals surface area contributed by atoms with Crippen LogP contribution in [0.4, 0.5) is 5.69 Å². The van der Waals surface area contributed by atoms with Crippen LogP contribution in [-0.2, 0) is 17.9 Å². The van der Waals surface area contributed by atoms with E-state index in [1.165, 1.54) is 13.2 Å². The first-order chi connectivity index (χ1) is 15.5. The Morgan fingerprint density at radius 1 is 1.12 bits per heavy atom. The maximum absolute atomic E-state index is 12.9. The van der Waals surface area contributed by atoms with Gasteiger partial charge in [-0.1, -0.05) is 12.1 Å². The molecular weight excluding hydrogens is 412 g/mol. The van der Waals surface area contributed by atoms with Gasteiger partial charge in [0.05, 0.1) is 19.1 Å². The van der Waals surface area contributed by atoms with Gasteiger partial charge in [0.1, 0.15) is 6.61 Å². The van der Waals surface area contributed by atoms with Crippen molar-refractivity contribution in [3.63, 3.8) is 0 Å².